The molecule has 430 valence electrons. The number of hydrogen-bond acceptors (Lipinski definition) is 15. The Hall–Kier alpha value is -2.09. The predicted molar refractivity (Wildman–Crippen MR) is 286 cm³/mol. The Morgan fingerprint density at radius 2 is 1.07 bits per heavy atom. The molecule has 2 unspecified atom stereocenters. The number of imide groups is 1. The van der Waals surface area contributed by atoms with E-state index in [1.807, 2.05) is 0 Å². The van der Waals surface area contributed by atoms with Crippen molar-refractivity contribution >= 4 is 61.1 Å². The summed E-state index contributed by atoms with van der Waals surface area (Å²) in [5.41, 5.74) is 0. The van der Waals surface area contributed by atoms with Crippen molar-refractivity contribution in [2.75, 3.05) is 58.4 Å². The van der Waals surface area contributed by atoms with Crippen molar-refractivity contribution in [3.63, 3.8) is 0 Å². The van der Waals surface area contributed by atoms with Crippen molar-refractivity contribution in [1.29, 1.82) is 0 Å². The molecule has 3 N–H and O–H groups in total. The zero-order valence-electron chi connectivity index (χ0n) is 46.5. The van der Waals surface area contributed by atoms with Crippen LogP contribution in [0.15, 0.2) is 0 Å². The van der Waals surface area contributed by atoms with E-state index in [0.29, 0.717) is 12.8 Å². The average Bonchev–Trinajstić information content (AvgIpc) is 3.64. The number of rotatable bonds is 53. The van der Waals surface area contributed by atoms with Crippen molar-refractivity contribution in [1.82, 2.24) is 15.5 Å². The molecule has 1 rings (SSSR count). The van der Waals surface area contributed by atoms with Crippen LogP contribution in [0.5, 0.6) is 0 Å². The number of esters is 2. The van der Waals surface area contributed by atoms with Gasteiger partial charge in [-0.3, -0.25) is 43.0 Å². The number of amides is 4. The third-order valence-electron chi connectivity index (χ3n) is 12.8. The Bertz CT molecular complexity index is 1580. The molecule has 0 aromatic rings. The van der Waals surface area contributed by atoms with Crippen LogP contribution in [0.25, 0.3) is 0 Å². The molecule has 4 amide bonds. The quantitative estimate of drug-likeness (QED) is 0.0181. The van der Waals surface area contributed by atoms with Gasteiger partial charge < -0.3 is 43.9 Å². The third-order valence-corrected chi connectivity index (χ3v) is 14.9. The molecule has 0 radical (unpaired) electrons. The van der Waals surface area contributed by atoms with Gasteiger partial charge in [-0.1, -0.05) is 194 Å². The van der Waals surface area contributed by atoms with E-state index in [9.17, 15) is 43.0 Å². The van der Waals surface area contributed by atoms with E-state index >= 15 is 0 Å². The first kappa shape index (κ1) is 72.9. The second-order valence-electron chi connectivity index (χ2n) is 19.6. The number of thioether (sulfide) groups is 1. The standard InChI is InChI=1S/C54H98N3O15PS.Na/c1-3-5-7-9-11-13-15-17-19-21-23-25-27-29-31-33-52(63)69-42-46(72-53(64)34-32-30-28-26-24-22-20-18-16-14-12-10-8-6-4-2)43-71-73(66,67)70-40-37-56-49(59)44-68-39-36-55-48(58)35-38-57-50(60)41-47(54(57)65)74-45-51(61)62;/h46-47H,3-45H2,1-2H3,(H,55,58)(H,56,59)(H,61,62)(H,66,67);/q;+1/p-1/t46-,47?;/m1./s1. The Labute approximate surface area is 476 Å². The Kier molecular flexibility index (Phi) is 48.8. The van der Waals surface area contributed by atoms with Crippen molar-refractivity contribution in [2.45, 2.75) is 244 Å². The maximum atomic E-state index is 12.8. The summed E-state index contributed by atoms with van der Waals surface area (Å²) in [7, 11) is -4.93. The number of phosphoric acid groups is 1. The molecule has 0 saturated carbocycles. The molecule has 1 heterocycles. The smallest absolute Gasteiger partial charge is 0.756 e. The van der Waals surface area contributed by atoms with Crippen molar-refractivity contribution in [2.24, 2.45) is 0 Å². The summed E-state index contributed by atoms with van der Waals surface area (Å²) >= 11 is 0.862. The predicted octanol–water partition coefficient (Wildman–Crippen LogP) is 7.05. The number of aliphatic carboxylic acids is 1. The van der Waals surface area contributed by atoms with E-state index in [-0.39, 0.29) is 93.8 Å². The molecule has 0 bridgehead atoms. The molecular weight excluding hydrogens is 1020 g/mol. The number of unbranched alkanes of at least 4 members (excludes halogenated alkanes) is 28. The van der Waals surface area contributed by atoms with E-state index in [0.717, 1.165) is 55.2 Å². The summed E-state index contributed by atoms with van der Waals surface area (Å²) in [5.74, 6) is -4.48. The zero-order valence-corrected chi connectivity index (χ0v) is 50.2. The van der Waals surface area contributed by atoms with Crippen LogP contribution in [-0.4, -0.2) is 121 Å². The molecule has 75 heavy (non-hydrogen) atoms. The number of hydrogen-bond donors (Lipinski definition) is 3. The zero-order chi connectivity index (χ0) is 54.3. The normalized spacial score (nSPS) is 14.5. The molecule has 3 atom stereocenters. The van der Waals surface area contributed by atoms with Gasteiger partial charge in [0.1, 0.15) is 13.2 Å². The number of carbonyl (C=O) groups excluding carboxylic acids is 6. The molecule has 1 aliphatic heterocycles. The van der Waals surface area contributed by atoms with Crippen LogP contribution in [0.3, 0.4) is 0 Å². The number of likely N-dealkylation sites (tertiary alicyclic amines) is 1. The fourth-order valence-corrected chi connectivity index (χ4v) is 10.0. The summed E-state index contributed by atoms with van der Waals surface area (Å²) in [5, 5.41) is 13.0. The summed E-state index contributed by atoms with van der Waals surface area (Å²) in [6.45, 7) is 2.22. The Balaban J connectivity index is 0.0000548. The molecule has 0 spiro atoms. The van der Waals surface area contributed by atoms with Crippen LogP contribution >= 0.6 is 19.6 Å². The van der Waals surface area contributed by atoms with E-state index in [2.05, 4.69) is 24.5 Å². The first-order valence-electron chi connectivity index (χ1n) is 28.5. The number of carbonyl (C=O) groups is 7. The van der Waals surface area contributed by atoms with Crippen molar-refractivity contribution in [3.8, 4) is 0 Å². The molecule has 1 saturated heterocycles. The van der Waals surface area contributed by atoms with E-state index in [4.69, 9.17) is 28.4 Å². The van der Waals surface area contributed by atoms with Crippen LogP contribution in [0.2, 0.25) is 0 Å². The Morgan fingerprint density at radius 3 is 1.55 bits per heavy atom. The minimum atomic E-state index is -4.93. The maximum absolute atomic E-state index is 12.8. The molecular formula is C54H97N3NaO15PS. The fraction of sp³-hybridized carbons (Fsp3) is 0.870. The number of carboxylic acid groups (broad SMARTS) is 1. The van der Waals surface area contributed by atoms with Crippen molar-refractivity contribution in [3.05, 3.63) is 0 Å². The van der Waals surface area contributed by atoms with Gasteiger partial charge in [-0.15, -0.1) is 11.8 Å². The average molecular weight is 1110 g/mol. The van der Waals surface area contributed by atoms with Crippen LogP contribution in [0, 0.1) is 0 Å². The summed E-state index contributed by atoms with van der Waals surface area (Å²) < 4.78 is 38.7. The topological polar surface area (TPSA) is 253 Å². The largest absolute Gasteiger partial charge is 1.00 e. The first-order chi connectivity index (χ1) is 35.8. The van der Waals surface area contributed by atoms with Crippen LogP contribution < -0.4 is 45.1 Å². The second kappa shape index (κ2) is 50.2. The summed E-state index contributed by atoms with van der Waals surface area (Å²) in [4.78, 5) is 98.8. The van der Waals surface area contributed by atoms with Gasteiger partial charge in [0.15, 0.2) is 6.10 Å². The second-order valence-corrected chi connectivity index (χ2v) is 22.2. The van der Waals surface area contributed by atoms with E-state index in [1.165, 1.54) is 141 Å². The molecule has 1 fully saturated rings. The maximum Gasteiger partial charge on any atom is 1.00 e. The van der Waals surface area contributed by atoms with E-state index in [1.54, 1.807) is 0 Å². The van der Waals surface area contributed by atoms with Gasteiger partial charge >= 0.3 is 47.5 Å². The van der Waals surface area contributed by atoms with Gasteiger partial charge in [-0.2, -0.15) is 0 Å². The number of nitrogens with one attached hydrogen (secondary N) is 2. The molecule has 0 aromatic carbocycles. The Morgan fingerprint density at radius 1 is 0.627 bits per heavy atom. The van der Waals surface area contributed by atoms with Crippen LogP contribution in [-0.2, 0) is 61.4 Å². The fourth-order valence-electron chi connectivity index (χ4n) is 8.43. The monoisotopic (exact) mass is 1110 g/mol. The van der Waals surface area contributed by atoms with Gasteiger partial charge in [0.05, 0.1) is 30.8 Å². The molecule has 21 heteroatoms. The number of phosphoric ester groups is 1. The van der Waals surface area contributed by atoms with Gasteiger partial charge in [-0.25, -0.2) is 0 Å². The number of carboxylic acids is 1. The van der Waals surface area contributed by atoms with Gasteiger partial charge in [0, 0.05) is 45.3 Å². The molecule has 0 aromatic heterocycles. The SMILES string of the molecule is CCCCCCCCCCCCCCCCCC(=O)OC[C@H](COP(=O)([O-])OCCNC(=O)COCCNC(=O)CCN1C(=O)CC(SCC(=O)O)C1=O)OC(=O)CCCCCCCCCCCCCCCCC.[Na+]. The third kappa shape index (κ3) is 44.5. The minimum Gasteiger partial charge on any atom is -0.756 e. The number of nitrogens with zero attached hydrogens (tertiary/aromatic N) is 1. The van der Waals surface area contributed by atoms with Crippen LogP contribution in [0.4, 0.5) is 0 Å². The first-order valence-corrected chi connectivity index (χ1v) is 31.0. The van der Waals surface area contributed by atoms with Gasteiger partial charge in [0.25, 0.3) is 7.82 Å². The summed E-state index contributed by atoms with van der Waals surface area (Å²) in [6, 6.07) is 0. The van der Waals surface area contributed by atoms with Gasteiger partial charge in [-0.05, 0) is 12.8 Å². The minimum absolute atomic E-state index is 0. The van der Waals surface area contributed by atoms with Gasteiger partial charge in [0.2, 0.25) is 23.6 Å². The number of ether oxygens (including phenoxy) is 3. The molecule has 1 aliphatic rings. The summed E-state index contributed by atoms with van der Waals surface area (Å²) in [6.07, 6.45) is 34.8. The van der Waals surface area contributed by atoms with Crippen molar-refractivity contribution < 1.29 is 101 Å². The molecule has 18 nitrogen and oxygen atoms in total. The van der Waals surface area contributed by atoms with Crippen LogP contribution in [0.1, 0.15) is 232 Å². The molecule has 0 aliphatic carbocycles. The van der Waals surface area contributed by atoms with E-state index < -0.39 is 80.5 Å².